The minimum atomic E-state index is -0.434. The first kappa shape index (κ1) is 20.3. The summed E-state index contributed by atoms with van der Waals surface area (Å²) in [6, 6.07) is 11.7. The molecule has 0 spiro atoms. The highest BCUT2D eigenvalue weighted by atomic mass is 16.2. The van der Waals surface area contributed by atoms with Crippen LogP contribution in [-0.4, -0.2) is 52.3 Å². The molecule has 1 saturated carbocycles. The van der Waals surface area contributed by atoms with Gasteiger partial charge in [0.2, 0.25) is 11.8 Å². The Morgan fingerprint density at radius 1 is 1.10 bits per heavy atom. The van der Waals surface area contributed by atoms with E-state index < -0.39 is 6.04 Å². The van der Waals surface area contributed by atoms with Crippen LogP contribution < -0.4 is 0 Å². The highest BCUT2D eigenvalue weighted by Gasteiger charge is 2.39. The number of amides is 2. The molecule has 2 heterocycles. The lowest BCUT2D eigenvalue weighted by Gasteiger charge is -2.41. The predicted molar refractivity (Wildman–Crippen MR) is 118 cm³/mol. The molecule has 1 atom stereocenters. The van der Waals surface area contributed by atoms with E-state index in [1.165, 1.54) is 0 Å². The van der Waals surface area contributed by atoms with Crippen LogP contribution in [0.2, 0.25) is 0 Å². The maximum absolute atomic E-state index is 13.2. The Labute approximate surface area is 178 Å². The van der Waals surface area contributed by atoms with Gasteiger partial charge >= 0.3 is 0 Å². The molecular weight excluding hydrogens is 374 g/mol. The van der Waals surface area contributed by atoms with Crippen molar-refractivity contribution in [2.75, 3.05) is 19.6 Å². The summed E-state index contributed by atoms with van der Waals surface area (Å²) in [5, 5.41) is 0. The molecular formula is C25H29N3O2. The Kier molecular flexibility index (Phi) is 6.26. The smallest absolute Gasteiger partial charge is 0.246 e. The molecule has 2 aromatic rings. The first-order chi connectivity index (χ1) is 14.7. The highest BCUT2D eigenvalue weighted by molar-refractivity contribution is 5.90. The van der Waals surface area contributed by atoms with E-state index in [9.17, 15) is 9.59 Å². The molecule has 0 bridgehead atoms. The maximum Gasteiger partial charge on any atom is 0.246 e. The van der Waals surface area contributed by atoms with Gasteiger partial charge in [0, 0.05) is 44.4 Å². The number of hydrogen-bond donors (Lipinski definition) is 0. The Morgan fingerprint density at radius 3 is 2.53 bits per heavy atom. The molecule has 5 nitrogen and oxygen atoms in total. The SMILES string of the molecule is C=CCN1CCN(C(=O)C2CCCC2)[C@@H](Cc2ccc(-c3cccnc3)cc2)C1=O. The van der Waals surface area contributed by atoms with E-state index >= 15 is 0 Å². The summed E-state index contributed by atoms with van der Waals surface area (Å²) in [5.41, 5.74) is 3.22. The second-order valence-corrected chi connectivity index (χ2v) is 8.24. The van der Waals surface area contributed by atoms with Crippen molar-refractivity contribution in [3.05, 3.63) is 67.0 Å². The Balaban J connectivity index is 1.54. The summed E-state index contributed by atoms with van der Waals surface area (Å²) in [5.74, 6) is 0.277. The van der Waals surface area contributed by atoms with Gasteiger partial charge in [-0.1, -0.05) is 49.2 Å². The van der Waals surface area contributed by atoms with Gasteiger partial charge in [-0.25, -0.2) is 0 Å². The Bertz CT molecular complexity index is 888. The van der Waals surface area contributed by atoms with Crippen LogP contribution in [0.3, 0.4) is 0 Å². The van der Waals surface area contributed by atoms with Crippen molar-refractivity contribution in [3.63, 3.8) is 0 Å². The largest absolute Gasteiger partial charge is 0.335 e. The number of piperazine rings is 1. The lowest BCUT2D eigenvalue weighted by molar-refractivity contribution is -0.153. The van der Waals surface area contributed by atoms with Crippen LogP contribution >= 0.6 is 0 Å². The van der Waals surface area contributed by atoms with Gasteiger partial charge in [-0.2, -0.15) is 0 Å². The normalized spacial score (nSPS) is 19.9. The number of benzene rings is 1. The quantitative estimate of drug-likeness (QED) is 0.691. The third-order valence-corrected chi connectivity index (χ3v) is 6.30. The van der Waals surface area contributed by atoms with Gasteiger partial charge in [0.25, 0.3) is 0 Å². The molecule has 0 unspecified atom stereocenters. The standard InChI is InChI=1S/C25H29N3O2/c1-2-14-27-15-16-28(24(29)21-6-3-4-7-21)23(25(27)30)17-19-9-11-20(12-10-19)22-8-5-13-26-18-22/h2,5,8-13,18,21,23H,1,3-4,6-7,14-17H2/t23-/m0/s1. The average molecular weight is 404 g/mol. The molecule has 1 aromatic carbocycles. The Hall–Kier alpha value is -2.95. The van der Waals surface area contributed by atoms with Gasteiger partial charge in [0.1, 0.15) is 6.04 Å². The van der Waals surface area contributed by atoms with Crippen molar-refractivity contribution in [2.24, 2.45) is 5.92 Å². The molecule has 0 radical (unpaired) electrons. The number of carbonyl (C=O) groups excluding carboxylic acids is 2. The van der Waals surface area contributed by atoms with E-state index in [0.717, 1.165) is 42.4 Å². The van der Waals surface area contributed by atoms with Crippen LogP contribution in [0.15, 0.2) is 61.4 Å². The lowest BCUT2D eigenvalue weighted by Crippen LogP contribution is -2.60. The number of aromatic nitrogens is 1. The van der Waals surface area contributed by atoms with Crippen LogP contribution in [0.25, 0.3) is 11.1 Å². The third kappa shape index (κ3) is 4.30. The van der Waals surface area contributed by atoms with Crippen molar-refractivity contribution in [3.8, 4) is 11.1 Å². The van der Waals surface area contributed by atoms with Crippen LogP contribution in [-0.2, 0) is 16.0 Å². The third-order valence-electron chi connectivity index (χ3n) is 6.30. The summed E-state index contributed by atoms with van der Waals surface area (Å²) in [6.45, 7) is 5.49. The molecule has 156 valence electrons. The van der Waals surface area contributed by atoms with E-state index in [-0.39, 0.29) is 17.7 Å². The maximum atomic E-state index is 13.2. The molecule has 2 fully saturated rings. The van der Waals surface area contributed by atoms with E-state index in [0.29, 0.717) is 26.1 Å². The number of carbonyl (C=O) groups is 2. The van der Waals surface area contributed by atoms with E-state index in [1.807, 2.05) is 28.1 Å². The molecule has 1 aliphatic heterocycles. The first-order valence-corrected chi connectivity index (χ1v) is 10.9. The van der Waals surface area contributed by atoms with Gasteiger partial charge in [-0.05, 0) is 35.6 Å². The van der Waals surface area contributed by atoms with Crippen LogP contribution in [0.1, 0.15) is 31.2 Å². The summed E-state index contributed by atoms with van der Waals surface area (Å²) in [6.07, 6.45) is 10.0. The fraction of sp³-hybridized carbons (Fsp3) is 0.400. The summed E-state index contributed by atoms with van der Waals surface area (Å²) in [4.78, 5) is 34.2. The second-order valence-electron chi connectivity index (χ2n) is 8.24. The van der Waals surface area contributed by atoms with Crippen LogP contribution in [0, 0.1) is 5.92 Å². The monoisotopic (exact) mass is 403 g/mol. The molecule has 1 aromatic heterocycles. The zero-order valence-corrected chi connectivity index (χ0v) is 17.4. The van der Waals surface area contributed by atoms with Crippen molar-refractivity contribution in [2.45, 2.75) is 38.1 Å². The minimum Gasteiger partial charge on any atom is -0.335 e. The summed E-state index contributed by atoms with van der Waals surface area (Å²) < 4.78 is 0. The molecule has 5 heteroatoms. The predicted octanol–water partition coefficient (Wildman–Crippen LogP) is 3.71. The van der Waals surface area contributed by atoms with E-state index in [2.05, 4.69) is 35.8 Å². The zero-order chi connectivity index (χ0) is 20.9. The van der Waals surface area contributed by atoms with Gasteiger partial charge < -0.3 is 9.80 Å². The van der Waals surface area contributed by atoms with Crippen LogP contribution in [0.4, 0.5) is 0 Å². The highest BCUT2D eigenvalue weighted by Crippen LogP contribution is 2.29. The summed E-state index contributed by atoms with van der Waals surface area (Å²) in [7, 11) is 0. The zero-order valence-electron chi connectivity index (χ0n) is 17.4. The fourth-order valence-corrected chi connectivity index (χ4v) is 4.63. The number of rotatable bonds is 6. The second kappa shape index (κ2) is 9.24. The molecule has 0 N–H and O–H groups in total. The molecule has 1 aliphatic carbocycles. The molecule has 2 amide bonds. The molecule has 4 rings (SSSR count). The molecule has 1 saturated heterocycles. The van der Waals surface area contributed by atoms with Gasteiger partial charge in [0.15, 0.2) is 0 Å². The minimum absolute atomic E-state index is 0.0313. The molecule has 30 heavy (non-hydrogen) atoms. The number of pyridine rings is 1. The van der Waals surface area contributed by atoms with Crippen molar-refractivity contribution in [1.82, 2.24) is 14.8 Å². The van der Waals surface area contributed by atoms with Crippen molar-refractivity contribution < 1.29 is 9.59 Å². The van der Waals surface area contributed by atoms with Crippen LogP contribution in [0.5, 0.6) is 0 Å². The van der Waals surface area contributed by atoms with E-state index in [4.69, 9.17) is 0 Å². The van der Waals surface area contributed by atoms with Crippen molar-refractivity contribution >= 4 is 11.8 Å². The topological polar surface area (TPSA) is 53.5 Å². The van der Waals surface area contributed by atoms with Crippen molar-refractivity contribution in [1.29, 1.82) is 0 Å². The first-order valence-electron chi connectivity index (χ1n) is 10.9. The lowest BCUT2D eigenvalue weighted by atomic mass is 9.96. The van der Waals surface area contributed by atoms with Gasteiger partial charge in [-0.15, -0.1) is 6.58 Å². The number of hydrogen-bond acceptors (Lipinski definition) is 3. The van der Waals surface area contributed by atoms with Gasteiger partial charge in [-0.3, -0.25) is 14.6 Å². The fourth-order valence-electron chi connectivity index (χ4n) is 4.63. The molecule has 2 aliphatic rings. The number of nitrogens with zero attached hydrogens (tertiary/aromatic N) is 3. The Morgan fingerprint density at radius 2 is 1.87 bits per heavy atom. The van der Waals surface area contributed by atoms with Gasteiger partial charge in [0.05, 0.1) is 0 Å². The average Bonchev–Trinajstić information content (AvgIpc) is 3.32. The summed E-state index contributed by atoms with van der Waals surface area (Å²) >= 11 is 0. The van der Waals surface area contributed by atoms with E-state index in [1.54, 1.807) is 12.3 Å².